The molecule has 0 unspecified atom stereocenters. The van der Waals surface area contributed by atoms with Crippen molar-refractivity contribution in [2.45, 2.75) is 19.9 Å². The molecule has 0 saturated carbocycles. The Labute approximate surface area is 137 Å². The molecule has 1 amide bonds. The Bertz CT molecular complexity index is 724. The number of phenolic OH excluding ortho intramolecular Hbond substituents is 1. The molecule has 1 fully saturated rings. The molecule has 0 spiro atoms. The van der Waals surface area contributed by atoms with Crippen molar-refractivity contribution in [3.63, 3.8) is 0 Å². The average Bonchev–Trinajstić information content (AvgIpc) is 2.88. The lowest BCUT2D eigenvalue weighted by Crippen LogP contribution is -2.39. The number of fused-ring (bicyclic) bond motifs is 1. The molecule has 3 rings (SSSR count). The Kier molecular flexibility index (Phi) is 4.12. The number of esters is 1. The molecule has 1 atom stereocenters. The van der Waals surface area contributed by atoms with E-state index in [1.807, 2.05) is 0 Å². The minimum Gasteiger partial charge on any atom is -0.508 e. The highest BCUT2D eigenvalue weighted by Gasteiger charge is 2.43. The maximum absolute atomic E-state index is 12.4. The maximum Gasteiger partial charge on any atom is 0.338 e. The van der Waals surface area contributed by atoms with E-state index in [0.717, 1.165) is 5.56 Å². The fourth-order valence-corrected chi connectivity index (χ4v) is 3.62. The molecule has 1 saturated heterocycles. The summed E-state index contributed by atoms with van der Waals surface area (Å²) in [6.45, 7) is 3.72. The number of aliphatic imine (C=N–C) groups is 1. The van der Waals surface area contributed by atoms with E-state index < -0.39 is 12.0 Å². The van der Waals surface area contributed by atoms with Gasteiger partial charge in [0.15, 0.2) is 5.17 Å². The van der Waals surface area contributed by atoms with Crippen molar-refractivity contribution in [3.8, 4) is 5.75 Å². The molecule has 2 aliphatic heterocycles. The number of aromatic hydroxyl groups is 1. The Balaban J connectivity index is 2.13. The summed E-state index contributed by atoms with van der Waals surface area (Å²) in [5.74, 6) is -0.146. The molecule has 1 aromatic carbocycles. The maximum atomic E-state index is 12.4. The lowest BCUT2D eigenvalue weighted by molar-refractivity contribution is -0.139. The number of amides is 1. The zero-order valence-electron chi connectivity index (χ0n) is 12.8. The number of carbonyl (C=O) groups is 2. The van der Waals surface area contributed by atoms with Crippen molar-refractivity contribution in [1.29, 1.82) is 0 Å². The normalized spacial score (nSPS) is 20.4. The predicted octanol–water partition coefficient (Wildman–Crippen LogP) is 2.22. The standard InChI is InChI=1S/C16H16N2O4S/c1-3-22-15(21)13-9(2)17-16-18(12(20)8-23-16)14(13)10-4-6-11(19)7-5-10/h4-7,14,19H,3,8H2,1-2H3/t14-/m0/s1. The summed E-state index contributed by atoms with van der Waals surface area (Å²) in [5, 5.41) is 10.1. The van der Waals surface area contributed by atoms with Crippen molar-refractivity contribution in [1.82, 2.24) is 4.90 Å². The Hall–Kier alpha value is -2.28. The number of allylic oxidation sites excluding steroid dienone is 1. The van der Waals surface area contributed by atoms with Gasteiger partial charge in [0, 0.05) is 0 Å². The molecular weight excluding hydrogens is 316 g/mol. The monoisotopic (exact) mass is 332 g/mol. The fourth-order valence-electron chi connectivity index (χ4n) is 2.68. The van der Waals surface area contributed by atoms with Crippen LogP contribution in [0.1, 0.15) is 25.5 Å². The number of amidine groups is 1. The molecule has 120 valence electrons. The number of ether oxygens (including phenoxy) is 1. The van der Waals surface area contributed by atoms with Crippen LogP contribution in [0.25, 0.3) is 0 Å². The van der Waals surface area contributed by atoms with Gasteiger partial charge in [-0.15, -0.1) is 0 Å². The fraction of sp³-hybridized carbons (Fsp3) is 0.312. The molecule has 1 N–H and O–H groups in total. The quantitative estimate of drug-likeness (QED) is 0.859. The third-order valence-corrected chi connectivity index (χ3v) is 4.63. The second kappa shape index (κ2) is 6.08. The van der Waals surface area contributed by atoms with E-state index >= 15 is 0 Å². The summed E-state index contributed by atoms with van der Waals surface area (Å²) < 4.78 is 5.15. The van der Waals surface area contributed by atoms with Gasteiger partial charge in [-0.25, -0.2) is 9.79 Å². The minimum absolute atomic E-state index is 0.0962. The summed E-state index contributed by atoms with van der Waals surface area (Å²) in [5.41, 5.74) is 1.64. The second-order valence-corrected chi connectivity index (χ2v) is 6.10. The third kappa shape index (κ3) is 2.72. The predicted molar refractivity (Wildman–Crippen MR) is 86.9 cm³/mol. The zero-order chi connectivity index (χ0) is 16.6. The van der Waals surface area contributed by atoms with Crippen LogP contribution in [-0.2, 0) is 14.3 Å². The first-order valence-electron chi connectivity index (χ1n) is 7.23. The van der Waals surface area contributed by atoms with Crippen LogP contribution in [0.3, 0.4) is 0 Å². The van der Waals surface area contributed by atoms with Crippen LogP contribution >= 0.6 is 11.8 Å². The van der Waals surface area contributed by atoms with E-state index in [9.17, 15) is 14.7 Å². The largest absolute Gasteiger partial charge is 0.508 e. The van der Waals surface area contributed by atoms with E-state index in [0.29, 0.717) is 22.2 Å². The van der Waals surface area contributed by atoms with Crippen molar-refractivity contribution in [2.75, 3.05) is 12.4 Å². The van der Waals surface area contributed by atoms with Gasteiger partial charge < -0.3 is 9.84 Å². The Morgan fingerprint density at radius 1 is 1.43 bits per heavy atom. The molecule has 23 heavy (non-hydrogen) atoms. The number of benzene rings is 1. The van der Waals surface area contributed by atoms with Crippen LogP contribution in [0.15, 0.2) is 40.5 Å². The molecule has 0 aromatic heterocycles. The minimum atomic E-state index is -0.579. The molecule has 2 aliphatic rings. The van der Waals surface area contributed by atoms with Crippen molar-refractivity contribution in [2.24, 2.45) is 4.99 Å². The van der Waals surface area contributed by atoms with E-state index in [-0.39, 0.29) is 18.3 Å². The van der Waals surface area contributed by atoms with Crippen LogP contribution < -0.4 is 0 Å². The molecule has 2 heterocycles. The number of hydrogen-bond acceptors (Lipinski definition) is 6. The molecule has 0 aliphatic carbocycles. The van der Waals surface area contributed by atoms with E-state index in [1.54, 1.807) is 26.0 Å². The van der Waals surface area contributed by atoms with Gasteiger partial charge in [0.2, 0.25) is 5.91 Å². The van der Waals surface area contributed by atoms with Gasteiger partial charge in [0.1, 0.15) is 5.75 Å². The van der Waals surface area contributed by atoms with Crippen molar-refractivity contribution < 1.29 is 19.4 Å². The average molecular weight is 332 g/mol. The van der Waals surface area contributed by atoms with Gasteiger partial charge in [-0.05, 0) is 31.5 Å². The van der Waals surface area contributed by atoms with Crippen LogP contribution in [0.4, 0.5) is 0 Å². The van der Waals surface area contributed by atoms with E-state index in [1.165, 1.54) is 28.8 Å². The van der Waals surface area contributed by atoms with Crippen molar-refractivity contribution >= 4 is 28.8 Å². The number of hydrogen-bond donors (Lipinski definition) is 1. The molecule has 6 nitrogen and oxygen atoms in total. The van der Waals surface area contributed by atoms with Gasteiger partial charge in [0.25, 0.3) is 0 Å². The highest BCUT2D eigenvalue weighted by atomic mass is 32.2. The highest BCUT2D eigenvalue weighted by Crippen LogP contribution is 2.41. The lowest BCUT2D eigenvalue weighted by atomic mass is 9.94. The van der Waals surface area contributed by atoms with Crippen LogP contribution in [0.5, 0.6) is 5.75 Å². The smallest absolute Gasteiger partial charge is 0.338 e. The summed E-state index contributed by atoms with van der Waals surface area (Å²) >= 11 is 1.36. The summed E-state index contributed by atoms with van der Waals surface area (Å²) in [7, 11) is 0. The first-order valence-corrected chi connectivity index (χ1v) is 8.22. The SMILES string of the molecule is CCOC(=O)C1=C(C)N=C2SCC(=O)N2[C@H]1c1ccc(O)cc1. The number of rotatable bonds is 3. The first-order chi connectivity index (χ1) is 11.0. The molecule has 7 heteroatoms. The van der Waals surface area contributed by atoms with E-state index in [2.05, 4.69) is 4.99 Å². The number of carbonyl (C=O) groups excluding carboxylic acids is 2. The molecule has 0 bridgehead atoms. The van der Waals surface area contributed by atoms with Gasteiger partial charge >= 0.3 is 5.97 Å². The van der Waals surface area contributed by atoms with Gasteiger partial charge in [-0.3, -0.25) is 9.69 Å². The first kappa shape index (κ1) is 15.6. The summed E-state index contributed by atoms with van der Waals surface area (Å²) in [6.07, 6.45) is 0. The number of nitrogens with zero attached hydrogens (tertiary/aromatic N) is 2. The zero-order valence-corrected chi connectivity index (χ0v) is 13.6. The Morgan fingerprint density at radius 3 is 2.78 bits per heavy atom. The molecule has 0 radical (unpaired) electrons. The van der Waals surface area contributed by atoms with Crippen LogP contribution in [0.2, 0.25) is 0 Å². The number of thioether (sulfide) groups is 1. The lowest BCUT2D eigenvalue weighted by Gasteiger charge is -2.32. The third-order valence-electron chi connectivity index (χ3n) is 3.69. The second-order valence-electron chi connectivity index (χ2n) is 5.16. The van der Waals surface area contributed by atoms with Gasteiger partial charge in [0.05, 0.1) is 29.7 Å². The Morgan fingerprint density at radius 2 is 2.13 bits per heavy atom. The topological polar surface area (TPSA) is 79.2 Å². The van der Waals surface area contributed by atoms with Gasteiger partial charge in [-0.2, -0.15) is 0 Å². The summed E-state index contributed by atoms with van der Waals surface area (Å²) in [6, 6.07) is 5.89. The van der Waals surface area contributed by atoms with Crippen LogP contribution in [0, 0.1) is 0 Å². The molecular formula is C16H16N2O4S. The van der Waals surface area contributed by atoms with E-state index in [4.69, 9.17) is 4.74 Å². The number of phenols is 1. The van der Waals surface area contributed by atoms with Gasteiger partial charge in [-0.1, -0.05) is 23.9 Å². The van der Waals surface area contributed by atoms with Crippen molar-refractivity contribution in [3.05, 3.63) is 41.1 Å². The highest BCUT2D eigenvalue weighted by molar-refractivity contribution is 8.15. The van der Waals surface area contributed by atoms with Crippen LogP contribution in [-0.4, -0.2) is 39.4 Å². The molecule has 1 aromatic rings. The summed E-state index contributed by atoms with van der Waals surface area (Å²) in [4.78, 5) is 30.6.